The van der Waals surface area contributed by atoms with Crippen LogP contribution < -0.4 is 10.6 Å². The number of nitrogens with one attached hydrogen (secondary N) is 2. The van der Waals surface area contributed by atoms with Gasteiger partial charge >= 0.3 is 0 Å². The average molecular weight is 374 g/mol. The van der Waals surface area contributed by atoms with E-state index in [-0.39, 0.29) is 29.5 Å². The molecule has 0 saturated carbocycles. The van der Waals surface area contributed by atoms with E-state index in [1.165, 1.54) is 12.1 Å². The monoisotopic (exact) mass is 373 g/mol. The summed E-state index contributed by atoms with van der Waals surface area (Å²) >= 11 is 6.04. The Bertz CT molecular complexity index is 607. The third-order valence-electron chi connectivity index (χ3n) is 4.05. The molecule has 0 aliphatic carbocycles. The van der Waals surface area contributed by atoms with Crippen LogP contribution in [0.5, 0.6) is 0 Å². The molecule has 0 radical (unpaired) electrons. The number of benzene rings is 1. The van der Waals surface area contributed by atoms with E-state index in [9.17, 15) is 14.0 Å². The predicted octanol–water partition coefficient (Wildman–Crippen LogP) is -0.361. The van der Waals surface area contributed by atoms with Gasteiger partial charge in [-0.05, 0) is 12.1 Å². The Kier molecular flexibility index (Phi) is 7.12. The zero-order valence-electron chi connectivity index (χ0n) is 13.5. The van der Waals surface area contributed by atoms with Crippen LogP contribution >= 0.6 is 11.6 Å². The maximum Gasteiger partial charge on any atom is 0.237 e. The number of hydrogen-bond donors (Lipinski definition) is 4. The maximum atomic E-state index is 14.0. The molecular formula is C16H21ClFN3O4. The number of aliphatic hydroxyl groups excluding tert-OH is 2. The van der Waals surface area contributed by atoms with Gasteiger partial charge in [-0.15, -0.1) is 0 Å². The smallest absolute Gasteiger partial charge is 0.237 e. The second kappa shape index (κ2) is 9.10. The van der Waals surface area contributed by atoms with Gasteiger partial charge in [0.15, 0.2) is 0 Å². The van der Waals surface area contributed by atoms with Crippen molar-refractivity contribution in [2.75, 3.05) is 26.3 Å². The number of amides is 2. The highest BCUT2D eigenvalue weighted by Crippen LogP contribution is 2.23. The second-order valence-corrected chi connectivity index (χ2v) is 6.22. The first-order valence-corrected chi connectivity index (χ1v) is 8.29. The largest absolute Gasteiger partial charge is 0.394 e. The zero-order chi connectivity index (χ0) is 18.4. The predicted molar refractivity (Wildman–Crippen MR) is 89.3 cm³/mol. The zero-order valence-corrected chi connectivity index (χ0v) is 14.3. The molecule has 4 N–H and O–H groups in total. The van der Waals surface area contributed by atoms with Crippen molar-refractivity contribution in [2.45, 2.75) is 25.0 Å². The van der Waals surface area contributed by atoms with E-state index in [0.717, 1.165) is 0 Å². The highest BCUT2D eigenvalue weighted by Gasteiger charge is 2.32. The quantitative estimate of drug-likeness (QED) is 0.523. The summed E-state index contributed by atoms with van der Waals surface area (Å²) in [7, 11) is 0. The van der Waals surface area contributed by atoms with Gasteiger partial charge in [0.1, 0.15) is 5.82 Å². The van der Waals surface area contributed by atoms with E-state index in [1.807, 2.05) is 0 Å². The van der Waals surface area contributed by atoms with Gasteiger partial charge in [-0.25, -0.2) is 4.39 Å². The lowest BCUT2D eigenvalue weighted by Gasteiger charge is -2.35. The molecule has 0 aromatic heterocycles. The minimum Gasteiger partial charge on any atom is -0.394 e. The van der Waals surface area contributed by atoms with Crippen LogP contribution in [0.4, 0.5) is 4.39 Å². The Hall–Kier alpha value is -1.74. The van der Waals surface area contributed by atoms with Crippen LogP contribution in [0.25, 0.3) is 0 Å². The average Bonchev–Trinajstić information content (AvgIpc) is 2.59. The first kappa shape index (κ1) is 19.6. The van der Waals surface area contributed by atoms with Gasteiger partial charge in [-0.1, -0.05) is 17.7 Å². The highest BCUT2D eigenvalue weighted by molar-refractivity contribution is 6.31. The van der Waals surface area contributed by atoms with Crippen molar-refractivity contribution in [2.24, 2.45) is 0 Å². The number of aliphatic hydroxyl groups is 2. The molecule has 9 heteroatoms. The lowest BCUT2D eigenvalue weighted by molar-refractivity contribution is -0.134. The van der Waals surface area contributed by atoms with E-state index < -0.39 is 37.0 Å². The molecule has 0 spiro atoms. The van der Waals surface area contributed by atoms with Gasteiger partial charge in [0.05, 0.1) is 31.7 Å². The molecule has 1 saturated heterocycles. The summed E-state index contributed by atoms with van der Waals surface area (Å²) in [4.78, 5) is 25.9. The SMILES string of the molecule is O=C(C[C@H]1C(=O)NCCN1Cc1c(F)cccc1Cl)NC(CO)CO. The minimum absolute atomic E-state index is 0.0975. The fourth-order valence-electron chi connectivity index (χ4n) is 2.67. The summed E-state index contributed by atoms with van der Waals surface area (Å²) in [5, 5.41) is 23.4. The Balaban J connectivity index is 2.10. The van der Waals surface area contributed by atoms with E-state index in [2.05, 4.69) is 10.6 Å². The number of carbonyl (C=O) groups is 2. The molecule has 2 rings (SSSR count). The number of halogens is 2. The number of hydrogen-bond acceptors (Lipinski definition) is 5. The lowest BCUT2D eigenvalue weighted by atomic mass is 10.1. The van der Waals surface area contributed by atoms with Crippen molar-refractivity contribution in [1.29, 1.82) is 0 Å². The van der Waals surface area contributed by atoms with E-state index in [1.54, 1.807) is 11.0 Å². The van der Waals surface area contributed by atoms with E-state index in [4.69, 9.17) is 21.8 Å². The van der Waals surface area contributed by atoms with Gasteiger partial charge in [0.25, 0.3) is 0 Å². The topological polar surface area (TPSA) is 102 Å². The van der Waals surface area contributed by atoms with Crippen LogP contribution in [0, 0.1) is 5.82 Å². The molecule has 1 aromatic carbocycles. The van der Waals surface area contributed by atoms with Gasteiger partial charge in [-0.3, -0.25) is 14.5 Å². The van der Waals surface area contributed by atoms with Gasteiger partial charge < -0.3 is 20.8 Å². The summed E-state index contributed by atoms with van der Waals surface area (Å²) in [6.07, 6.45) is -0.172. The van der Waals surface area contributed by atoms with Gasteiger partial charge in [0.2, 0.25) is 11.8 Å². The lowest BCUT2D eigenvalue weighted by Crippen LogP contribution is -2.56. The van der Waals surface area contributed by atoms with Crippen LogP contribution in [-0.2, 0) is 16.1 Å². The Morgan fingerprint density at radius 3 is 2.80 bits per heavy atom. The summed E-state index contributed by atoms with van der Waals surface area (Å²) in [6, 6.07) is 2.79. The fraction of sp³-hybridized carbons (Fsp3) is 0.500. The molecule has 1 fully saturated rings. The molecule has 7 nitrogen and oxygen atoms in total. The standard InChI is InChI=1S/C16H21ClFN3O4/c17-12-2-1-3-13(18)11(12)7-21-5-4-19-16(25)14(21)6-15(24)20-10(8-22)9-23/h1-3,10,14,22-23H,4-9H2,(H,19,25)(H,20,24)/t14-/m0/s1. The Labute approximate surface area is 149 Å². The highest BCUT2D eigenvalue weighted by atomic mass is 35.5. The second-order valence-electron chi connectivity index (χ2n) is 5.81. The number of rotatable bonds is 7. The fourth-order valence-corrected chi connectivity index (χ4v) is 2.89. The van der Waals surface area contributed by atoms with Crippen LogP contribution in [-0.4, -0.2) is 65.3 Å². The first-order valence-electron chi connectivity index (χ1n) is 7.92. The first-order chi connectivity index (χ1) is 12.0. The minimum atomic E-state index is -0.789. The van der Waals surface area contributed by atoms with Crippen molar-refractivity contribution in [1.82, 2.24) is 15.5 Å². The number of nitrogens with zero attached hydrogens (tertiary/aromatic N) is 1. The number of carbonyl (C=O) groups excluding carboxylic acids is 2. The molecule has 1 atom stereocenters. The third-order valence-corrected chi connectivity index (χ3v) is 4.40. The summed E-state index contributed by atoms with van der Waals surface area (Å²) in [6.45, 7) is 0.109. The van der Waals surface area contributed by atoms with Crippen LogP contribution in [0.1, 0.15) is 12.0 Å². The van der Waals surface area contributed by atoms with Crippen molar-refractivity contribution >= 4 is 23.4 Å². The van der Waals surface area contributed by atoms with Crippen molar-refractivity contribution in [3.63, 3.8) is 0 Å². The van der Waals surface area contributed by atoms with Crippen LogP contribution in [0.2, 0.25) is 5.02 Å². The molecule has 2 amide bonds. The Morgan fingerprint density at radius 1 is 1.44 bits per heavy atom. The normalized spacial score (nSPS) is 18.3. The maximum absolute atomic E-state index is 14.0. The molecule has 0 bridgehead atoms. The van der Waals surface area contributed by atoms with Gasteiger partial charge in [0, 0.05) is 30.2 Å². The molecule has 25 heavy (non-hydrogen) atoms. The molecule has 138 valence electrons. The molecule has 1 aliphatic rings. The van der Waals surface area contributed by atoms with Crippen molar-refractivity contribution < 1.29 is 24.2 Å². The molecular weight excluding hydrogens is 353 g/mol. The van der Waals surface area contributed by atoms with Gasteiger partial charge in [-0.2, -0.15) is 0 Å². The van der Waals surface area contributed by atoms with E-state index in [0.29, 0.717) is 13.1 Å². The summed E-state index contributed by atoms with van der Waals surface area (Å²) < 4.78 is 14.0. The van der Waals surface area contributed by atoms with Crippen LogP contribution in [0.15, 0.2) is 18.2 Å². The summed E-state index contributed by atoms with van der Waals surface area (Å²) in [5.41, 5.74) is 0.271. The molecule has 1 aromatic rings. The van der Waals surface area contributed by atoms with Crippen LogP contribution in [0.3, 0.4) is 0 Å². The van der Waals surface area contributed by atoms with Crippen molar-refractivity contribution in [3.05, 3.63) is 34.6 Å². The third kappa shape index (κ3) is 5.12. The molecule has 1 aliphatic heterocycles. The van der Waals surface area contributed by atoms with Crippen molar-refractivity contribution in [3.8, 4) is 0 Å². The van der Waals surface area contributed by atoms with E-state index >= 15 is 0 Å². The molecule has 1 heterocycles. The summed E-state index contributed by atoms with van der Waals surface area (Å²) in [5.74, 6) is -1.29. The Morgan fingerprint density at radius 2 is 2.16 bits per heavy atom. The molecule has 0 unspecified atom stereocenters. The number of piperazine rings is 1.